The van der Waals surface area contributed by atoms with Crippen molar-refractivity contribution in [2.24, 2.45) is 17.3 Å². The summed E-state index contributed by atoms with van der Waals surface area (Å²) in [4.78, 5) is 11.9. The van der Waals surface area contributed by atoms with E-state index in [4.69, 9.17) is 0 Å². The van der Waals surface area contributed by atoms with Gasteiger partial charge >= 0.3 is 0 Å². The molecule has 0 aliphatic heterocycles. The lowest BCUT2D eigenvalue weighted by molar-refractivity contribution is -0.180. The molecular formula is C37H59NO5. The van der Waals surface area contributed by atoms with Crippen LogP contribution in [0.15, 0.2) is 57.7 Å². The Bertz CT molecular complexity index is 1070. The molecule has 242 valence electrons. The normalized spacial score (nSPS) is 31.1. The first-order valence-electron chi connectivity index (χ1n) is 16.8. The quantitative estimate of drug-likeness (QED) is 0.0699. The van der Waals surface area contributed by atoms with Crippen LogP contribution < -0.4 is 5.32 Å². The maximum Gasteiger partial charge on any atom is 0.145 e. The van der Waals surface area contributed by atoms with Crippen molar-refractivity contribution in [2.75, 3.05) is 26.8 Å². The van der Waals surface area contributed by atoms with Crippen molar-refractivity contribution in [2.45, 2.75) is 122 Å². The lowest BCUT2D eigenvalue weighted by atomic mass is 9.51. The number of aliphatic hydroxyl groups excluding tert-OH is 3. The predicted molar refractivity (Wildman–Crippen MR) is 176 cm³/mol. The van der Waals surface area contributed by atoms with Crippen molar-refractivity contribution in [1.82, 2.24) is 5.32 Å². The highest BCUT2D eigenvalue weighted by Gasteiger charge is 2.65. The molecule has 0 saturated heterocycles. The Labute approximate surface area is 260 Å². The van der Waals surface area contributed by atoms with Crippen molar-refractivity contribution in [1.29, 1.82) is 0 Å². The molecule has 0 aromatic heterocycles. The second-order valence-corrected chi connectivity index (χ2v) is 13.5. The van der Waals surface area contributed by atoms with Crippen LogP contribution in [0.3, 0.4) is 0 Å². The number of aldehydes is 1. The molecule has 0 bridgehead atoms. The second-order valence-electron chi connectivity index (χ2n) is 13.5. The lowest BCUT2D eigenvalue weighted by Crippen LogP contribution is -2.61. The van der Waals surface area contributed by atoms with E-state index >= 15 is 0 Å². The fourth-order valence-electron chi connectivity index (χ4n) is 8.46. The highest BCUT2D eigenvalue weighted by molar-refractivity contribution is 5.74. The number of rotatable bonds is 14. The van der Waals surface area contributed by atoms with Crippen molar-refractivity contribution in [3.05, 3.63) is 57.7 Å². The molecule has 3 aliphatic rings. The summed E-state index contributed by atoms with van der Waals surface area (Å²) in [5.74, 6) is -0.506. The smallest absolute Gasteiger partial charge is 0.145 e. The van der Waals surface area contributed by atoms with Gasteiger partial charge in [-0.15, -0.1) is 0 Å². The number of nitrogens with one attached hydrogen (secondary N) is 1. The number of hydrogen-bond donors (Lipinski definition) is 5. The zero-order valence-electron chi connectivity index (χ0n) is 27.3. The molecular weight excluding hydrogens is 538 g/mol. The van der Waals surface area contributed by atoms with Crippen LogP contribution in [0.5, 0.6) is 0 Å². The Morgan fingerprint density at radius 1 is 1.07 bits per heavy atom. The van der Waals surface area contributed by atoms with Gasteiger partial charge in [0.2, 0.25) is 0 Å². The van der Waals surface area contributed by atoms with Crippen LogP contribution in [0.25, 0.3) is 0 Å². The fourth-order valence-corrected chi connectivity index (χ4v) is 8.46. The first kappa shape index (κ1) is 35.6. The van der Waals surface area contributed by atoms with Gasteiger partial charge in [0.1, 0.15) is 6.29 Å². The van der Waals surface area contributed by atoms with Crippen LogP contribution in [0, 0.1) is 17.3 Å². The molecule has 3 aliphatic carbocycles. The highest BCUT2D eigenvalue weighted by atomic mass is 16.3. The molecule has 6 heteroatoms. The van der Waals surface area contributed by atoms with Crippen molar-refractivity contribution >= 4 is 6.29 Å². The van der Waals surface area contributed by atoms with Crippen LogP contribution in [0.1, 0.15) is 111 Å². The van der Waals surface area contributed by atoms with Gasteiger partial charge in [-0.3, -0.25) is 4.79 Å². The average Bonchev–Trinajstić information content (AvgIpc) is 3.35. The van der Waals surface area contributed by atoms with Crippen molar-refractivity contribution < 1.29 is 25.2 Å². The van der Waals surface area contributed by atoms with Gasteiger partial charge in [-0.2, -0.15) is 0 Å². The lowest BCUT2D eigenvalue weighted by Gasteiger charge is -2.57. The number of allylic oxidation sites excluding steroid dienone is 9. The molecule has 0 aromatic rings. The average molecular weight is 598 g/mol. The maximum absolute atomic E-state index is 12.4. The summed E-state index contributed by atoms with van der Waals surface area (Å²) in [6.07, 6.45) is 20.7. The fraction of sp³-hybridized carbons (Fsp3) is 0.703. The molecule has 3 saturated carbocycles. The first-order valence-corrected chi connectivity index (χ1v) is 16.8. The molecule has 3 fully saturated rings. The maximum atomic E-state index is 12.4. The monoisotopic (exact) mass is 597 g/mol. The number of carbonyl (C=O) groups excluding carboxylic acids is 1. The molecule has 6 nitrogen and oxygen atoms in total. The van der Waals surface area contributed by atoms with Gasteiger partial charge in [-0.25, -0.2) is 0 Å². The van der Waals surface area contributed by atoms with E-state index in [1.807, 2.05) is 20.0 Å². The van der Waals surface area contributed by atoms with Gasteiger partial charge in [-0.05, 0) is 140 Å². The summed E-state index contributed by atoms with van der Waals surface area (Å²) in [6.45, 7) is 6.59. The Balaban J connectivity index is 1.99. The predicted octanol–water partition coefficient (Wildman–Crippen LogP) is 6.26. The van der Waals surface area contributed by atoms with Crippen LogP contribution in [0.2, 0.25) is 0 Å². The largest absolute Gasteiger partial charge is 0.396 e. The van der Waals surface area contributed by atoms with E-state index in [1.165, 1.54) is 30.4 Å². The third-order valence-corrected chi connectivity index (χ3v) is 10.8. The van der Waals surface area contributed by atoms with Crippen molar-refractivity contribution in [3.63, 3.8) is 0 Å². The van der Waals surface area contributed by atoms with Crippen LogP contribution >= 0.6 is 0 Å². The third-order valence-electron chi connectivity index (χ3n) is 10.8. The minimum Gasteiger partial charge on any atom is -0.396 e. The Hall–Kier alpha value is -1.83. The summed E-state index contributed by atoms with van der Waals surface area (Å²) in [6, 6.07) is 0. The zero-order chi connectivity index (χ0) is 31.5. The zero-order valence-corrected chi connectivity index (χ0v) is 27.3. The van der Waals surface area contributed by atoms with Gasteiger partial charge < -0.3 is 25.7 Å². The number of aliphatic hydroxyl groups is 4. The van der Waals surface area contributed by atoms with E-state index in [9.17, 15) is 25.2 Å². The summed E-state index contributed by atoms with van der Waals surface area (Å²) < 4.78 is 0. The Kier molecular flexibility index (Phi) is 14.1. The first-order chi connectivity index (χ1) is 20.7. The number of carbonyl (C=O) groups is 1. The molecule has 1 spiro atoms. The van der Waals surface area contributed by atoms with E-state index in [-0.39, 0.29) is 25.0 Å². The standard InChI is InChI=1S/C37H59NO5/c1-27(2)11-8-14-30(29-12-6-5-7-13-29)15-9-16-31(26-41)33-19-21-37(35(33)42)34(17-10-24-39)32(28(3)25-40)18-20-36(37,43)22-23-38-4/h9,11,15-16,25,33-35,38-39,41-43H,5-8,10,12-14,17-24,26H2,1-4H3. The van der Waals surface area contributed by atoms with Crippen LogP contribution in [0.4, 0.5) is 0 Å². The van der Waals surface area contributed by atoms with Gasteiger partial charge in [0, 0.05) is 17.9 Å². The Morgan fingerprint density at radius 2 is 1.81 bits per heavy atom. The van der Waals surface area contributed by atoms with Gasteiger partial charge in [0.05, 0.1) is 18.3 Å². The van der Waals surface area contributed by atoms with Crippen LogP contribution in [-0.4, -0.2) is 65.2 Å². The molecule has 3 rings (SSSR count). The van der Waals surface area contributed by atoms with E-state index in [2.05, 4.69) is 37.4 Å². The van der Waals surface area contributed by atoms with E-state index in [0.29, 0.717) is 57.1 Å². The Morgan fingerprint density at radius 3 is 2.44 bits per heavy atom. The molecule has 0 aromatic carbocycles. The van der Waals surface area contributed by atoms with Gasteiger partial charge in [0.25, 0.3) is 0 Å². The second kappa shape index (κ2) is 17.0. The van der Waals surface area contributed by atoms with E-state index in [1.54, 1.807) is 5.57 Å². The van der Waals surface area contributed by atoms with E-state index < -0.39 is 17.1 Å². The SMILES string of the molecule is CNCCC1(O)CCC(=C(C)C=O)C(CCCO)C12CCC(C(=CC=CC(CCC=C(C)C)=C1CCCCC1)CO)C2O. The number of hydrogen-bond acceptors (Lipinski definition) is 6. The molecule has 43 heavy (non-hydrogen) atoms. The summed E-state index contributed by atoms with van der Waals surface area (Å²) in [5.41, 5.74) is 4.76. The third kappa shape index (κ3) is 8.26. The molecule has 0 amide bonds. The minimum atomic E-state index is -1.13. The highest BCUT2D eigenvalue weighted by Crippen LogP contribution is 2.63. The van der Waals surface area contributed by atoms with Gasteiger partial charge in [0.15, 0.2) is 0 Å². The molecule has 0 heterocycles. The van der Waals surface area contributed by atoms with Crippen molar-refractivity contribution in [3.8, 4) is 0 Å². The molecule has 5 atom stereocenters. The molecule has 5 N–H and O–H groups in total. The van der Waals surface area contributed by atoms with Gasteiger partial charge in [-0.1, -0.05) is 47.4 Å². The minimum absolute atomic E-state index is 0.0203. The molecule has 5 unspecified atom stereocenters. The summed E-state index contributed by atoms with van der Waals surface area (Å²) in [7, 11) is 1.87. The molecule has 0 radical (unpaired) electrons. The van der Waals surface area contributed by atoms with E-state index in [0.717, 1.165) is 43.1 Å². The summed E-state index contributed by atoms with van der Waals surface area (Å²) >= 11 is 0. The topological polar surface area (TPSA) is 110 Å². The van der Waals surface area contributed by atoms with Crippen LogP contribution in [-0.2, 0) is 4.79 Å². The summed E-state index contributed by atoms with van der Waals surface area (Å²) in [5, 5.41) is 48.2.